The summed E-state index contributed by atoms with van der Waals surface area (Å²) in [6.07, 6.45) is -5.23. The third-order valence-electron chi connectivity index (χ3n) is 11.0. The standard InChI is InChI=1S/C33H32ClF6N7O/c1-13-7-18(41)43-25(22(13)33(38,39)40)21-23(34)19-14(2)9-32-17-8-15(42-27(17)32)10-47(32)29-20(19)26(24(21)35)44-30(45-29)48-12-31(3)11-46(4)6-5-16(31)28(36)37/h7,15,17,27,42H,2,5-6,8-12H2,1,3-4H3,(H2,41,43)/t15-,17+,27?,31?,32-/m1/s1. The van der Waals surface area contributed by atoms with Crippen molar-refractivity contribution in [3.63, 3.8) is 0 Å². The van der Waals surface area contributed by atoms with Crippen LogP contribution in [0.4, 0.5) is 38.0 Å². The van der Waals surface area contributed by atoms with Gasteiger partial charge in [-0.2, -0.15) is 31.9 Å². The van der Waals surface area contributed by atoms with Crippen molar-refractivity contribution in [3.05, 3.63) is 51.8 Å². The molecule has 0 amide bonds. The summed E-state index contributed by atoms with van der Waals surface area (Å²) in [6, 6.07) is 1.03. The minimum atomic E-state index is -4.92. The maximum Gasteiger partial charge on any atom is 0.418 e. The average Bonchev–Trinajstić information content (AvgIpc) is 3.43. The number of ether oxygens (including phenoxy) is 1. The summed E-state index contributed by atoms with van der Waals surface area (Å²) < 4.78 is 94.8. The molecule has 1 saturated carbocycles. The molecular formula is C33H32ClF6N7O. The van der Waals surface area contributed by atoms with Crippen molar-refractivity contribution in [1.82, 2.24) is 25.2 Å². The van der Waals surface area contributed by atoms with Gasteiger partial charge in [-0.3, -0.25) is 0 Å². The van der Waals surface area contributed by atoms with Crippen LogP contribution in [-0.4, -0.2) is 70.8 Å². The molecule has 1 spiro atoms. The molecule has 48 heavy (non-hydrogen) atoms. The highest BCUT2D eigenvalue weighted by atomic mass is 35.5. The second-order valence-corrected chi connectivity index (χ2v) is 14.5. The predicted molar refractivity (Wildman–Crippen MR) is 169 cm³/mol. The summed E-state index contributed by atoms with van der Waals surface area (Å²) in [5.74, 6) is -0.848. The lowest BCUT2D eigenvalue weighted by Crippen LogP contribution is -2.58. The fourth-order valence-corrected chi connectivity index (χ4v) is 9.43. The van der Waals surface area contributed by atoms with Crippen molar-refractivity contribution in [2.75, 3.05) is 43.9 Å². The zero-order chi connectivity index (χ0) is 34.2. The van der Waals surface area contributed by atoms with Crippen LogP contribution in [0.1, 0.15) is 42.9 Å². The number of nitrogen functional groups attached to an aromatic ring is 1. The topological polar surface area (TPSA) is 92.4 Å². The smallest absolute Gasteiger partial charge is 0.418 e. The number of benzene rings is 1. The number of hydrogen-bond acceptors (Lipinski definition) is 8. The van der Waals surface area contributed by atoms with E-state index in [0.29, 0.717) is 30.9 Å². The summed E-state index contributed by atoms with van der Waals surface area (Å²) in [4.78, 5) is 17.2. The molecule has 1 aromatic carbocycles. The summed E-state index contributed by atoms with van der Waals surface area (Å²) in [5, 5.41) is 3.54. The van der Waals surface area contributed by atoms with E-state index in [1.54, 1.807) is 6.92 Å². The molecule has 5 atom stereocenters. The molecule has 8 nitrogen and oxygen atoms in total. The Kier molecular flexibility index (Phi) is 6.73. The first-order valence-electron chi connectivity index (χ1n) is 15.7. The van der Waals surface area contributed by atoms with E-state index in [0.717, 1.165) is 12.5 Å². The maximum atomic E-state index is 17.1. The molecule has 0 radical (unpaired) electrons. The summed E-state index contributed by atoms with van der Waals surface area (Å²) in [7, 11) is 1.82. The molecule has 2 aromatic heterocycles. The monoisotopic (exact) mass is 691 g/mol. The summed E-state index contributed by atoms with van der Waals surface area (Å²) in [6.45, 7) is 8.19. The zero-order valence-electron chi connectivity index (χ0n) is 26.3. The first-order chi connectivity index (χ1) is 22.5. The highest BCUT2D eigenvalue weighted by molar-refractivity contribution is 6.37. The van der Waals surface area contributed by atoms with Gasteiger partial charge in [0.2, 0.25) is 0 Å². The third-order valence-corrected chi connectivity index (χ3v) is 11.4. The molecule has 3 aromatic rings. The van der Waals surface area contributed by atoms with Gasteiger partial charge in [0.15, 0.2) is 5.82 Å². The van der Waals surface area contributed by atoms with E-state index in [4.69, 9.17) is 27.1 Å². The Balaban J connectivity index is 1.37. The number of piperazine rings is 1. The van der Waals surface area contributed by atoms with E-state index in [1.165, 1.54) is 6.92 Å². The number of nitrogens with two attached hydrogens (primary N) is 1. The van der Waals surface area contributed by atoms with E-state index >= 15 is 4.39 Å². The lowest BCUT2D eigenvalue weighted by molar-refractivity contribution is -0.137. The van der Waals surface area contributed by atoms with Gasteiger partial charge >= 0.3 is 12.2 Å². The zero-order valence-corrected chi connectivity index (χ0v) is 27.1. The number of piperidine rings is 3. The lowest BCUT2D eigenvalue weighted by Gasteiger charge is -2.44. The molecule has 7 heterocycles. The fraction of sp³-hybridized carbons (Fsp3) is 0.485. The SMILES string of the molecule is C=C1C[C@]23C4N[C@H](C[C@@H]42)CN3c2nc(OCC3(C)CN(C)CCC3=C(F)F)nc3c(F)c(-c4nc(N)cc(C)c4C(F)(F)F)c(Cl)c1c23. The number of nitrogens with zero attached hydrogens (tertiary/aromatic N) is 5. The van der Waals surface area contributed by atoms with Crippen LogP contribution in [0.25, 0.3) is 27.7 Å². The number of alkyl halides is 3. The van der Waals surface area contributed by atoms with Crippen molar-refractivity contribution < 1.29 is 31.1 Å². The molecule has 4 bridgehead atoms. The second kappa shape index (κ2) is 10.2. The van der Waals surface area contributed by atoms with Crippen LogP contribution in [0.5, 0.6) is 6.01 Å². The van der Waals surface area contributed by atoms with Crippen LogP contribution >= 0.6 is 11.6 Å². The van der Waals surface area contributed by atoms with Crippen molar-refractivity contribution in [2.24, 2.45) is 11.3 Å². The third kappa shape index (κ3) is 4.34. The Hall–Kier alpha value is -3.62. The average molecular weight is 692 g/mol. The van der Waals surface area contributed by atoms with Crippen LogP contribution in [0.2, 0.25) is 5.02 Å². The highest BCUT2D eigenvalue weighted by Crippen LogP contribution is 2.65. The number of halogens is 7. The number of nitrogens with one attached hydrogen (secondary N) is 1. The van der Waals surface area contributed by atoms with Crippen LogP contribution < -0.4 is 20.7 Å². The maximum absolute atomic E-state index is 17.1. The van der Waals surface area contributed by atoms with Gasteiger partial charge in [-0.25, -0.2) is 9.37 Å². The van der Waals surface area contributed by atoms with Gasteiger partial charge in [0.25, 0.3) is 6.08 Å². The molecule has 1 aliphatic carbocycles. The second-order valence-electron chi connectivity index (χ2n) is 14.2. The van der Waals surface area contributed by atoms with Crippen LogP contribution in [0.15, 0.2) is 24.3 Å². The molecule has 6 aliphatic rings. The number of aryl methyl sites for hydroxylation is 1. The number of pyridine rings is 1. The van der Waals surface area contributed by atoms with Gasteiger partial charge in [0.05, 0.1) is 32.8 Å². The lowest BCUT2D eigenvalue weighted by atomic mass is 9.78. The van der Waals surface area contributed by atoms with E-state index in [-0.39, 0.29) is 82.0 Å². The first-order valence-corrected chi connectivity index (χ1v) is 16.1. The molecule has 5 fully saturated rings. The van der Waals surface area contributed by atoms with Gasteiger partial charge < -0.3 is 25.6 Å². The van der Waals surface area contributed by atoms with Crippen LogP contribution in [-0.2, 0) is 6.18 Å². The van der Waals surface area contributed by atoms with Crippen molar-refractivity contribution in [1.29, 1.82) is 0 Å². The van der Waals surface area contributed by atoms with E-state index in [9.17, 15) is 22.0 Å². The van der Waals surface area contributed by atoms with Gasteiger partial charge in [-0.15, -0.1) is 0 Å². The fourth-order valence-electron chi connectivity index (χ4n) is 9.03. The first kappa shape index (κ1) is 31.6. The predicted octanol–water partition coefficient (Wildman–Crippen LogP) is 6.60. The van der Waals surface area contributed by atoms with Crippen LogP contribution in [0, 0.1) is 24.1 Å². The van der Waals surface area contributed by atoms with Gasteiger partial charge in [-0.05, 0) is 50.4 Å². The van der Waals surface area contributed by atoms with Crippen molar-refractivity contribution in [3.8, 4) is 17.3 Å². The van der Waals surface area contributed by atoms with Gasteiger partial charge in [0.1, 0.15) is 23.8 Å². The van der Waals surface area contributed by atoms with Crippen LogP contribution in [0.3, 0.4) is 0 Å². The highest BCUT2D eigenvalue weighted by Gasteiger charge is 2.75. The number of aromatic nitrogens is 3. The number of rotatable bonds is 4. The Labute approximate surface area is 277 Å². The Morgan fingerprint density at radius 2 is 1.98 bits per heavy atom. The van der Waals surface area contributed by atoms with Crippen molar-refractivity contribution in [2.45, 2.75) is 56.9 Å². The van der Waals surface area contributed by atoms with Gasteiger partial charge in [0, 0.05) is 54.2 Å². The quantitative estimate of drug-likeness (QED) is 0.296. The molecule has 9 rings (SSSR count). The van der Waals surface area contributed by atoms with Crippen molar-refractivity contribution >= 4 is 39.7 Å². The molecule has 254 valence electrons. The van der Waals surface area contributed by atoms with E-state index < -0.39 is 45.8 Å². The molecular weight excluding hydrogens is 660 g/mol. The minimum Gasteiger partial charge on any atom is -0.462 e. The largest absolute Gasteiger partial charge is 0.462 e. The Morgan fingerprint density at radius 3 is 2.65 bits per heavy atom. The summed E-state index contributed by atoms with van der Waals surface area (Å²) in [5.41, 5.74) is 1.89. The van der Waals surface area contributed by atoms with E-state index in [1.807, 2.05) is 11.9 Å². The molecule has 2 unspecified atom stereocenters. The van der Waals surface area contributed by atoms with Gasteiger partial charge in [-0.1, -0.05) is 25.1 Å². The molecule has 4 saturated heterocycles. The Morgan fingerprint density at radius 1 is 1.23 bits per heavy atom. The van der Waals surface area contributed by atoms with E-state index in [2.05, 4.69) is 26.8 Å². The molecule has 3 N–H and O–H groups in total. The number of hydrogen-bond donors (Lipinski definition) is 2. The number of likely N-dealkylation sites (tertiary alicyclic amines) is 1. The summed E-state index contributed by atoms with van der Waals surface area (Å²) >= 11 is 6.96. The Bertz CT molecular complexity index is 1970. The number of anilines is 2. The normalized spacial score (nSPS) is 29.3. The molecule has 5 aliphatic heterocycles. The molecule has 15 heteroatoms. The minimum absolute atomic E-state index is 0.0388.